The molecule has 1 N–H and O–H groups in total. The van der Waals surface area contributed by atoms with E-state index in [1.165, 1.54) is 18.2 Å². The maximum Gasteiger partial charge on any atom is 0.275 e. The summed E-state index contributed by atoms with van der Waals surface area (Å²) in [7, 11) is 0. The van der Waals surface area contributed by atoms with E-state index >= 15 is 0 Å². The molecule has 2 rings (SSSR count). The maximum atomic E-state index is 13.5. The standard InChI is InChI=1S/C11H8ClFN2O2/c12-6-8-10(16)5-11(17)15(14-8)9-4-2-1-3-7(9)13/h1-5,16H,6H2. The number of halogens is 2. The van der Waals surface area contributed by atoms with Crippen LogP contribution in [0.1, 0.15) is 5.69 Å². The number of aromatic nitrogens is 2. The lowest BCUT2D eigenvalue weighted by molar-refractivity contribution is 0.459. The van der Waals surface area contributed by atoms with Crippen molar-refractivity contribution in [2.75, 3.05) is 0 Å². The Kier molecular flexibility index (Phi) is 3.10. The zero-order chi connectivity index (χ0) is 12.4. The van der Waals surface area contributed by atoms with Gasteiger partial charge in [0.05, 0.1) is 5.88 Å². The van der Waals surface area contributed by atoms with Gasteiger partial charge in [-0.05, 0) is 12.1 Å². The Balaban J connectivity index is 2.68. The summed E-state index contributed by atoms with van der Waals surface area (Å²) in [4.78, 5) is 11.6. The molecule has 1 heterocycles. The number of para-hydroxylation sites is 1. The average Bonchev–Trinajstić information content (AvgIpc) is 2.31. The topological polar surface area (TPSA) is 55.1 Å². The van der Waals surface area contributed by atoms with Crippen LogP contribution in [0.5, 0.6) is 5.75 Å². The maximum absolute atomic E-state index is 13.5. The largest absolute Gasteiger partial charge is 0.506 e. The number of hydrogen-bond donors (Lipinski definition) is 1. The van der Waals surface area contributed by atoms with E-state index in [-0.39, 0.29) is 23.0 Å². The third kappa shape index (κ3) is 2.14. The summed E-state index contributed by atoms with van der Waals surface area (Å²) in [6.45, 7) is 0. The van der Waals surface area contributed by atoms with E-state index in [1.807, 2.05) is 0 Å². The van der Waals surface area contributed by atoms with Crippen LogP contribution in [-0.2, 0) is 5.88 Å². The predicted octanol–water partition coefficient (Wildman–Crippen LogP) is 1.82. The van der Waals surface area contributed by atoms with Crippen molar-refractivity contribution >= 4 is 11.6 Å². The normalized spacial score (nSPS) is 10.5. The highest BCUT2D eigenvalue weighted by Gasteiger charge is 2.11. The fourth-order valence-electron chi connectivity index (χ4n) is 1.37. The van der Waals surface area contributed by atoms with Crippen molar-refractivity contribution in [1.82, 2.24) is 9.78 Å². The first-order valence-corrected chi connectivity index (χ1v) is 5.30. The highest BCUT2D eigenvalue weighted by molar-refractivity contribution is 6.17. The van der Waals surface area contributed by atoms with Gasteiger partial charge in [-0.3, -0.25) is 4.79 Å². The van der Waals surface area contributed by atoms with Gasteiger partial charge in [0, 0.05) is 6.07 Å². The first-order chi connectivity index (χ1) is 8.13. The molecule has 0 fully saturated rings. The highest BCUT2D eigenvalue weighted by Crippen LogP contribution is 2.15. The lowest BCUT2D eigenvalue weighted by atomic mass is 10.3. The van der Waals surface area contributed by atoms with Crippen molar-refractivity contribution in [3.05, 3.63) is 52.2 Å². The quantitative estimate of drug-likeness (QED) is 0.832. The smallest absolute Gasteiger partial charge is 0.275 e. The molecule has 1 aromatic carbocycles. The summed E-state index contributed by atoms with van der Waals surface area (Å²) in [5, 5.41) is 13.2. The molecular weight excluding hydrogens is 247 g/mol. The molecule has 17 heavy (non-hydrogen) atoms. The summed E-state index contributed by atoms with van der Waals surface area (Å²) >= 11 is 5.55. The van der Waals surface area contributed by atoms with Gasteiger partial charge in [0.25, 0.3) is 5.56 Å². The van der Waals surface area contributed by atoms with Gasteiger partial charge in [-0.1, -0.05) is 12.1 Å². The van der Waals surface area contributed by atoms with Crippen LogP contribution < -0.4 is 5.56 Å². The van der Waals surface area contributed by atoms with Crippen LogP contribution in [0, 0.1) is 5.82 Å². The Hall–Kier alpha value is -1.88. The summed E-state index contributed by atoms with van der Waals surface area (Å²) in [5.74, 6) is -0.938. The zero-order valence-corrected chi connectivity index (χ0v) is 9.36. The van der Waals surface area contributed by atoms with E-state index in [0.29, 0.717) is 0 Å². The summed E-state index contributed by atoms with van der Waals surface area (Å²) in [6.07, 6.45) is 0. The van der Waals surface area contributed by atoms with E-state index in [2.05, 4.69) is 5.10 Å². The molecule has 1 aromatic heterocycles. The van der Waals surface area contributed by atoms with Crippen LogP contribution in [0.15, 0.2) is 35.1 Å². The Morgan fingerprint density at radius 3 is 2.76 bits per heavy atom. The molecule has 0 aliphatic rings. The second kappa shape index (κ2) is 4.55. The second-order valence-corrected chi connectivity index (χ2v) is 3.58. The summed E-state index contributed by atoms with van der Waals surface area (Å²) in [6, 6.07) is 6.68. The van der Waals surface area contributed by atoms with Crippen LogP contribution in [0.2, 0.25) is 0 Å². The van der Waals surface area contributed by atoms with Crippen molar-refractivity contribution in [2.24, 2.45) is 0 Å². The summed E-state index contributed by atoms with van der Waals surface area (Å²) in [5.41, 5.74) is -0.486. The number of rotatable bonds is 2. The molecular formula is C11H8ClFN2O2. The molecule has 2 aromatic rings. The van der Waals surface area contributed by atoms with Gasteiger partial charge in [-0.2, -0.15) is 9.78 Å². The number of aromatic hydroxyl groups is 1. The minimum Gasteiger partial charge on any atom is -0.506 e. The van der Waals surface area contributed by atoms with Crippen LogP contribution in [0.3, 0.4) is 0 Å². The van der Waals surface area contributed by atoms with Gasteiger partial charge in [0.15, 0.2) is 0 Å². The van der Waals surface area contributed by atoms with Crippen LogP contribution in [0.4, 0.5) is 4.39 Å². The molecule has 0 spiro atoms. The van der Waals surface area contributed by atoms with Crippen molar-refractivity contribution in [2.45, 2.75) is 5.88 Å². The van der Waals surface area contributed by atoms with Crippen molar-refractivity contribution < 1.29 is 9.50 Å². The summed E-state index contributed by atoms with van der Waals surface area (Å²) < 4.78 is 14.4. The van der Waals surface area contributed by atoms with Gasteiger partial charge in [-0.25, -0.2) is 4.39 Å². The van der Waals surface area contributed by atoms with E-state index in [1.54, 1.807) is 6.07 Å². The molecule has 88 valence electrons. The van der Waals surface area contributed by atoms with E-state index in [4.69, 9.17) is 11.6 Å². The minimum absolute atomic E-state index is 0.0175. The Labute approximate surface area is 101 Å². The van der Waals surface area contributed by atoms with Gasteiger partial charge in [0.1, 0.15) is 22.9 Å². The molecule has 4 nitrogen and oxygen atoms in total. The first kappa shape index (κ1) is 11.6. The van der Waals surface area contributed by atoms with Crippen LogP contribution in [-0.4, -0.2) is 14.9 Å². The highest BCUT2D eigenvalue weighted by atomic mass is 35.5. The minimum atomic E-state index is -0.624. The predicted molar refractivity (Wildman–Crippen MR) is 61.0 cm³/mol. The molecule has 0 amide bonds. The number of benzene rings is 1. The molecule has 0 unspecified atom stereocenters. The Morgan fingerprint density at radius 1 is 1.41 bits per heavy atom. The monoisotopic (exact) mass is 254 g/mol. The lowest BCUT2D eigenvalue weighted by Gasteiger charge is -2.07. The van der Waals surface area contributed by atoms with Crippen LogP contribution in [0.25, 0.3) is 5.69 Å². The average molecular weight is 255 g/mol. The van der Waals surface area contributed by atoms with Crippen LogP contribution >= 0.6 is 11.6 Å². The van der Waals surface area contributed by atoms with Crippen molar-refractivity contribution in [3.63, 3.8) is 0 Å². The molecule has 0 saturated carbocycles. The molecule has 0 aliphatic carbocycles. The number of nitrogens with zero attached hydrogens (tertiary/aromatic N) is 2. The molecule has 0 saturated heterocycles. The van der Waals surface area contributed by atoms with Crippen molar-refractivity contribution in [1.29, 1.82) is 0 Å². The third-order valence-electron chi connectivity index (χ3n) is 2.19. The number of hydrogen-bond acceptors (Lipinski definition) is 3. The number of alkyl halides is 1. The fraction of sp³-hybridized carbons (Fsp3) is 0.0909. The van der Waals surface area contributed by atoms with E-state index < -0.39 is 11.4 Å². The van der Waals surface area contributed by atoms with E-state index in [0.717, 1.165) is 10.7 Å². The Morgan fingerprint density at radius 2 is 2.12 bits per heavy atom. The zero-order valence-electron chi connectivity index (χ0n) is 8.60. The first-order valence-electron chi connectivity index (χ1n) is 4.76. The van der Waals surface area contributed by atoms with Crippen molar-refractivity contribution in [3.8, 4) is 11.4 Å². The van der Waals surface area contributed by atoms with Gasteiger partial charge < -0.3 is 5.11 Å². The lowest BCUT2D eigenvalue weighted by Crippen LogP contribution is -2.22. The molecule has 0 bridgehead atoms. The second-order valence-electron chi connectivity index (χ2n) is 3.31. The Bertz CT molecular complexity index is 613. The fourth-order valence-corrected chi connectivity index (χ4v) is 1.56. The van der Waals surface area contributed by atoms with Gasteiger partial charge >= 0.3 is 0 Å². The van der Waals surface area contributed by atoms with Gasteiger partial charge in [0.2, 0.25) is 0 Å². The van der Waals surface area contributed by atoms with Gasteiger partial charge in [-0.15, -0.1) is 11.6 Å². The third-order valence-corrected chi connectivity index (χ3v) is 2.45. The SMILES string of the molecule is O=c1cc(O)c(CCl)nn1-c1ccccc1F. The molecule has 6 heteroatoms. The molecule has 0 aliphatic heterocycles. The molecule has 0 radical (unpaired) electrons. The van der Waals surface area contributed by atoms with E-state index in [9.17, 15) is 14.3 Å². The molecule has 0 atom stereocenters.